The van der Waals surface area contributed by atoms with Gasteiger partial charge in [-0.2, -0.15) is 5.10 Å². The van der Waals surface area contributed by atoms with Crippen molar-refractivity contribution in [3.8, 4) is 39.4 Å². The van der Waals surface area contributed by atoms with E-state index in [0.717, 1.165) is 92.7 Å². The summed E-state index contributed by atoms with van der Waals surface area (Å²) < 4.78 is 21.1. The van der Waals surface area contributed by atoms with Crippen molar-refractivity contribution in [2.45, 2.75) is 25.0 Å². The molecule has 44 heavy (non-hydrogen) atoms. The maximum Gasteiger partial charge on any atom is 0.138 e. The Bertz CT molecular complexity index is 1940. The highest BCUT2D eigenvalue weighted by atomic mass is 19.1. The Morgan fingerprint density at radius 2 is 1.80 bits per heavy atom. The molecule has 0 spiro atoms. The lowest BCUT2D eigenvalue weighted by Crippen LogP contribution is -2.34. The molecule has 0 saturated carbocycles. The molecule has 0 aliphatic carbocycles. The molecule has 1 aliphatic heterocycles. The number of aromatic nitrogens is 4. The first-order chi connectivity index (χ1) is 21.4. The lowest BCUT2D eigenvalue weighted by atomic mass is 9.97. The fraction of sp³-hybridized carbons (Fsp3) is 0.257. The molecule has 3 aromatic carbocycles. The summed E-state index contributed by atoms with van der Waals surface area (Å²) in [7, 11) is 3.92. The van der Waals surface area contributed by atoms with E-state index in [1.165, 1.54) is 6.07 Å². The summed E-state index contributed by atoms with van der Waals surface area (Å²) in [6.45, 7) is 2.57. The molecule has 224 valence electrons. The second-order valence-corrected chi connectivity index (χ2v) is 11.9. The van der Waals surface area contributed by atoms with Crippen molar-refractivity contribution < 1.29 is 9.13 Å². The van der Waals surface area contributed by atoms with Gasteiger partial charge in [0.05, 0.1) is 17.4 Å². The molecule has 6 aromatic rings. The first-order valence-corrected chi connectivity index (χ1v) is 15.1. The number of rotatable bonds is 8. The summed E-state index contributed by atoms with van der Waals surface area (Å²) in [5, 5.41) is 13.2. The smallest absolute Gasteiger partial charge is 0.138 e. The van der Waals surface area contributed by atoms with Crippen LogP contribution in [0.15, 0.2) is 79.1 Å². The standard InChI is InChI=1S/C35H36FN7O/c1-43(2)20-31(37)23-12-22(13-25(36)14-23)28-4-3-5-32-29(28)17-34(40-32)35-30-16-21(6-7-33(30)41-42-35)24-15-27(19-39-18-24)44-26-8-10-38-11-9-26/h3-7,12-19,26,31,38,40H,8-11,20,37H2,1-2H3,(H,41,42). The number of nitrogens with two attached hydrogens (primary N) is 1. The fourth-order valence-corrected chi connectivity index (χ4v) is 6.16. The monoisotopic (exact) mass is 589 g/mol. The Morgan fingerprint density at radius 3 is 2.64 bits per heavy atom. The van der Waals surface area contributed by atoms with Crippen molar-refractivity contribution in [3.63, 3.8) is 0 Å². The summed E-state index contributed by atoms with van der Waals surface area (Å²) >= 11 is 0. The molecule has 7 rings (SSSR count). The van der Waals surface area contributed by atoms with Gasteiger partial charge >= 0.3 is 0 Å². The number of nitrogens with zero attached hydrogens (tertiary/aromatic N) is 3. The van der Waals surface area contributed by atoms with E-state index in [0.29, 0.717) is 6.54 Å². The number of aromatic amines is 2. The molecule has 1 saturated heterocycles. The van der Waals surface area contributed by atoms with Gasteiger partial charge in [0.25, 0.3) is 0 Å². The van der Waals surface area contributed by atoms with Gasteiger partial charge < -0.3 is 25.7 Å². The number of piperidine rings is 1. The number of likely N-dealkylation sites (N-methyl/N-ethyl adjacent to an activating group) is 1. The average Bonchev–Trinajstić information content (AvgIpc) is 3.65. The van der Waals surface area contributed by atoms with E-state index in [1.807, 2.05) is 55.5 Å². The molecule has 1 aliphatic rings. The van der Waals surface area contributed by atoms with E-state index in [4.69, 9.17) is 10.5 Å². The van der Waals surface area contributed by atoms with Crippen molar-refractivity contribution in [2.75, 3.05) is 33.7 Å². The lowest BCUT2D eigenvalue weighted by Gasteiger charge is -2.23. The Morgan fingerprint density at radius 1 is 0.932 bits per heavy atom. The van der Waals surface area contributed by atoms with Crippen LogP contribution in [0.1, 0.15) is 24.4 Å². The average molecular weight is 590 g/mol. The van der Waals surface area contributed by atoms with Gasteiger partial charge in [-0.25, -0.2) is 4.39 Å². The molecule has 9 heteroatoms. The number of fused-ring (bicyclic) bond motifs is 2. The minimum absolute atomic E-state index is 0.205. The van der Waals surface area contributed by atoms with Crippen LogP contribution in [-0.2, 0) is 0 Å². The van der Waals surface area contributed by atoms with Gasteiger partial charge in [0.2, 0.25) is 0 Å². The Labute approximate surface area is 255 Å². The summed E-state index contributed by atoms with van der Waals surface area (Å²) in [5.41, 5.74) is 14.5. The summed E-state index contributed by atoms with van der Waals surface area (Å²) in [6.07, 6.45) is 5.84. The molecule has 3 aromatic heterocycles. The number of hydrogen-bond acceptors (Lipinski definition) is 6. The van der Waals surface area contributed by atoms with Gasteiger partial charge in [-0.05, 0) is 111 Å². The van der Waals surface area contributed by atoms with Crippen molar-refractivity contribution in [1.82, 2.24) is 30.4 Å². The third kappa shape index (κ3) is 5.69. The van der Waals surface area contributed by atoms with Gasteiger partial charge in [-0.1, -0.05) is 18.2 Å². The zero-order chi connectivity index (χ0) is 30.2. The van der Waals surface area contributed by atoms with Crippen LogP contribution < -0.4 is 15.8 Å². The Balaban J connectivity index is 1.24. The highest BCUT2D eigenvalue weighted by Gasteiger charge is 2.18. The van der Waals surface area contributed by atoms with Crippen LogP contribution in [0, 0.1) is 5.82 Å². The van der Waals surface area contributed by atoms with Gasteiger partial charge in [-0.15, -0.1) is 0 Å². The second kappa shape index (κ2) is 11.8. The zero-order valence-corrected chi connectivity index (χ0v) is 24.9. The maximum absolute atomic E-state index is 14.8. The highest BCUT2D eigenvalue weighted by Crippen LogP contribution is 2.36. The van der Waals surface area contributed by atoms with Crippen molar-refractivity contribution in [2.24, 2.45) is 5.73 Å². The number of benzene rings is 3. The van der Waals surface area contributed by atoms with Crippen LogP contribution in [-0.4, -0.2) is 64.9 Å². The quantitative estimate of drug-likeness (QED) is 0.167. The first kappa shape index (κ1) is 28.2. The van der Waals surface area contributed by atoms with Gasteiger partial charge in [-0.3, -0.25) is 10.1 Å². The number of H-pyrrole nitrogens is 2. The molecule has 1 unspecified atom stereocenters. The summed E-state index contributed by atoms with van der Waals surface area (Å²) in [6, 6.07) is 21.2. The van der Waals surface area contributed by atoms with Crippen LogP contribution in [0.5, 0.6) is 5.75 Å². The third-order valence-electron chi connectivity index (χ3n) is 8.34. The molecule has 0 radical (unpaired) electrons. The summed E-state index contributed by atoms with van der Waals surface area (Å²) in [5.74, 6) is 0.484. The molecule has 8 nitrogen and oxygen atoms in total. The van der Waals surface area contributed by atoms with Crippen LogP contribution in [0.3, 0.4) is 0 Å². The number of ether oxygens (including phenoxy) is 1. The summed E-state index contributed by atoms with van der Waals surface area (Å²) in [4.78, 5) is 10.0. The molecular formula is C35H36FN7O. The number of hydrogen-bond donors (Lipinski definition) is 4. The minimum Gasteiger partial charge on any atom is -0.489 e. The van der Waals surface area contributed by atoms with Gasteiger partial charge in [0.15, 0.2) is 0 Å². The predicted molar refractivity (Wildman–Crippen MR) is 174 cm³/mol. The normalized spacial score (nSPS) is 14.9. The number of halogens is 1. The van der Waals surface area contributed by atoms with Crippen LogP contribution >= 0.6 is 0 Å². The second-order valence-electron chi connectivity index (χ2n) is 11.9. The topological polar surface area (TPSA) is 108 Å². The minimum atomic E-state index is -0.301. The maximum atomic E-state index is 14.8. The van der Waals surface area contributed by atoms with Crippen molar-refractivity contribution in [3.05, 3.63) is 90.5 Å². The molecule has 0 amide bonds. The van der Waals surface area contributed by atoms with Gasteiger partial charge in [0.1, 0.15) is 23.4 Å². The first-order valence-electron chi connectivity index (χ1n) is 15.1. The molecule has 4 heterocycles. The van der Waals surface area contributed by atoms with E-state index >= 15 is 0 Å². The Kier molecular flexibility index (Phi) is 7.59. The van der Waals surface area contributed by atoms with E-state index in [1.54, 1.807) is 12.3 Å². The Hall–Kier alpha value is -4.57. The van der Waals surface area contributed by atoms with Gasteiger partial charge in [0, 0.05) is 40.6 Å². The van der Waals surface area contributed by atoms with E-state index < -0.39 is 0 Å². The third-order valence-corrected chi connectivity index (χ3v) is 8.34. The molecule has 5 N–H and O–H groups in total. The fourth-order valence-electron chi connectivity index (χ4n) is 6.16. The molecular weight excluding hydrogens is 553 g/mol. The van der Waals surface area contributed by atoms with E-state index in [-0.39, 0.29) is 18.0 Å². The van der Waals surface area contributed by atoms with Crippen LogP contribution in [0.4, 0.5) is 4.39 Å². The largest absolute Gasteiger partial charge is 0.489 e. The van der Waals surface area contributed by atoms with Crippen molar-refractivity contribution >= 4 is 21.8 Å². The lowest BCUT2D eigenvalue weighted by molar-refractivity contribution is 0.162. The molecule has 0 bridgehead atoms. The molecule has 1 fully saturated rings. The number of nitrogens with one attached hydrogen (secondary N) is 3. The van der Waals surface area contributed by atoms with Crippen LogP contribution in [0.25, 0.3) is 55.4 Å². The SMILES string of the molecule is CN(C)CC(N)c1cc(F)cc(-c2cccc3[nH]c(-c4n[nH]c5ccc(-c6cncc(OC7CCNCC7)c6)cc45)cc23)c1. The highest BCUT2D eigenvalue weighted by molar-refractivity contribution is 6.02. The molecule has 1 atom stereocenters. The predicted octanol–water partition coefficient (Wildman–Crippen LogP) is 6.27. The van der Waals surface area contributed by atoms with E-state index in [9.17, 15) is 4.39 Å². The number of pyridine rings is 1. The van der Waals surface area contributed by atoms with Crippen LogP contribution in [0.2, 0.25) is 0 Å². The van der Waals surface area contributed by atoms with Crippen molar-refractivity contribution in [1.29, 1.82) is 0 Å². The zero-order valence-electron chi connectivity index (χ0n) is 24.9. The van der Waals surface area contributed by atoms with E-state index in [2.05, 4.69) is 49.7 Å².